The Balaban J connectivity index is 1.59. The van der Waals surface area contributed by atoms with Crippen LogP contribution in [0.3, 0.4) is 0 Å². The molecule has 0 spiro atoms. The third kappa shape index (κ3) is 4.45. The number of hydrogen-bond acceptors (Lipinski definition) is 6. The first kappa shape index (κ1) is 17.6. The molecule has 2 heterocycles. The van der Waals surface area contributed by atoms with Crippen LogP contribution in [0.5, 0.6) is 0 Å². The fourth-order valence-electron chi connectivity index (χ4n) is 2.82. The number of carbonyl (C=O) groups excluding carboxylic acids is 1. The molecule has 6 heteroatoms. The minimum absolute atomic E-state index is 0.358. The van der Waals surface area contributed by atoms with Gasteiger partial charge in [-0.15, -0.1) is 0 Å². The van der Waals surface area contributed by atoms with E-state index in [0.717, 1.165) is 18.9 Å². The second kappa shape index (κ2) is 8.25. The zero-order valence-electron chi connectivity index (χ0n) is 14.6. The number of nitrogens with zero attached hydrogens (tertiary/aromatic N) is 2. The minimum Gasteiger partial charge on any atom is -0.465 e. The Kier molecular flexibility index (Phi) is 5.81. The zero-order chi connectivity index (χ0) is 17.6. The molecule has 0 radical (unpaired) electrons. The van der Waals surface area contributed by atoms with Crippen LogP contribution in [0.15, 0.2) is 36.4 Å². The van der Waals surface area contributed by atoms with E-state index >= 15 is 0 Å². The predicted molar refractivity (Wildman–Crippen MR) is 104 cm³/mol. The highest BCUT2D eigenvalue weighted by Crippen LogP contribution is 2.20. The Morgan fingerprint density at radius 2 is 1.92 bits per heavy atom. The summed E-state index contributed by atoms with van der Waals surface area (Å²) >= 11 is 2.02. The van der Waals surface area contributed by atoms with Gasteiger partial charge in [-0.05, 0) is 36.8 Å². The smallest absolute Gasteiger partial charge is 0.339 e. The Morgan fingerprint density at radius 1 is 1.20 bits per heavy atom. The normalized spacial score (nSPS) is 14.2. The van der Waals surface area contributed by atoms with Crippen molar-refractivity contribution in [3.63, 3.8) is 0 Å². The molecule has 1 fully saturated rings. The summed E-state index contributed by atoms with van der Waals surface area (Å²) in [4.78, 5) is 18.5. The Hall–Kier alpha value is -2.21. The van der Waals surface area contributed by atoms with E-state index in [-0.39, 0.29) is 5.97 Å². The van der Waals surface area contributed by atoms with Gasteiger partial charge in [-0.25, -0.2) is 9.78 Å². The second-order valence-electron chi connectivity index (χ2n) is 5.94. The van der Waals surface area contributed by atoms with Crippen LogP contribution < -0.4 is 10.2 Å². The summed E-state index contributed by atoms with van der Waals surface area (Å²) in [5, 5.41) is 3.30. The minimum atomic E-state index is -0.358. The quantitative estimate of drug-likeness (QED) is 0.829. The van der Waals surface area contributed by atoms with Crippen molar-refractivity contribution in [3.05, 3.63) is 53.2 Å². The Labute approximate surface area is 152 Å². The summed E-state index contributed by atoms with van der Waals surface area (Å²) < 4.78 is 4.74. The second-order valence-corrected chi connectivity index (χ2v) is 7.17. The highest BCUT2D eigenvalue weighted by Gasteiger charge is 2.12. The van der Waals surface area contributed by atoms with Crippen LogP contribution in [0.4, 0.5) is 11.5 Å². The van der Waals surface area contributed by atoms with Crippen LogP contribution >= 0.6 is 11.8 Å². The number of benzene rings is 1. The average Bonchev–Trinajstić information content (AvgIpc) is 2.67. The highest BCUT2D eigenvalue weighted by atomic mass is 32.2. The first-order valence-corrected chi connectivity index (χ1v) is 9.54. The van der Waals surface area contributed by atoms with E-state index in [0.29, 0.717) is 17.8 Å². The summed E-state index contributed by atoms with van der Waals surface area (Å²) in [6.07, 6.45) is 0. The Bertz CT molecular complexity index is 728. The van der Waals surface area contributed by atoms with Gasteiger partial charge in [0.05, 0.1) is 18.4 Å². The molecule has 1 saturated heterocycles. The van der Waals surface area contributed by atoms with E-state index in [1.807, 2.05) is 18.7 Å². The molecule has 1 aliphatic rings. The molecule has 0 amide bonds. The molecule has 5 nitrogen and oxygen atoms in total. The molecule has 0 unspecified atom stereocenters. The number of thioether (sulfide) groups is 1. The van der Waals surface area contributed by atoms with Crippen molar-refractivity contribution < 1.29 is 9.53 Å². The van der Waals surface area contributed by atoms with Gasteiger partial charge in [0.2, 0.25) is 0 Å². The van der Waals surface area contributed by atoms with E-state index in [9.17, 15) is 4.79 Å². The van der Waals surface area contributed by atoms with Crippen LogP contribution in [0.25, 0.3) is 0 Å². The van der Waals surface area contributed by atoms with E-state index in [1.54, 1.807) is 12.1 Å². The number of carbonyl (C=O) groups is 1. The molecule has 132 valence electrons. The maximum atomic E-state index is 11.6. The van der Waals surface area contributed by atoms with Gasteiger partial charge < -0.3 is 15.0 Å². The van der Waals surface area contributed by atoms with Crippen LogP contribution in [-0.2, 0) is 11.3 Å². The van der Waals surface area contributed by atoms with E-state index in [4.69, 9.17) is 4.74 Å². The Morgan fingerprint density at radius 3 is 2.56 bits per heavy atom. The topological polar surface area (TPSA) is 54.5 Å². The first-order valence-electron chi connectivity index (χ1n) is 8.39. The van der Waals surface area contributed by atoms with Crippen molar-refractivity contribution in [2.24, 2.45) is 0 Å². The van der Waals surface area contributed by atoms with Crippen molar-refractivity contribution in [1.29, 1.82) is 0 Å². The number of ether oxygens (including phenoxy) is 1. The van der Waals surface area contributed by atoms with Crippen molar-refractivity contribution >= 4 is 29.2 Å². The number of rotatable bonds is 5. The average molecular weight is 357 g/mol. The standard InChI is InChI=1S/C19H23N3O2S/c1-14-17(19(23)24-2)7-8-18(21-14)20-13-15-3-5-16(6-4-15)22-9-11-25-12-10-22/h3-8H,9-13H2,1-2H3,(H,20,21). The van der Waals surface area contributed by atoms with E-state index in [1.165, 1.54) is 29.9 Å². The molecule has 25 heavy (non-hydrogen) atoms. The molecule has 0 bridgehead atoms. The molecule has 3 rings (SSSR count). The van der Waals surface area contributed by atoms with Crippen LogP contribution in [-0.4, -0.2) is 42.7 Å². The molecular weight excluding hydrogens is 334 g/mol. The molecule has 2 aromatic rings. The summed E-state index contributed by atoms with van der Waals surface area (Å²) in [6.45, 7) is 4.75. The lowest BCUT2D eigenvalue weighted by Crippen LogP contribution is -2.32. The van der Waals surface area contributed by atoms with Gasteiger partial charge in [0, 0.05) is 36.8 Å². The summed E-state index contributed by atoms with van der Waals surface area (Å²) in [5.74, 6) is 2.80. The molecule has 1 aliphatic heterocycles. The van der Waals surface area contributed by atoms with Crippen molar-refractivity contribution in [2.75, 3.05) is 41.9 Å². The number of aryl methyl sites for hydroxylation is 1. The van der Waals surface area contributed by atoms with E-state index in [2.05, 4.69) is 39.5 Å². The number of pyridine rings is 1. The van der Waals surface area contributed by atoms with Gasteiger partial charge in [0.25, 0.3) is 0 Å². The first-order chi connectivity index (χ1) is 12.2. The highest BCUT2D eigenvalue weighted by molar-refractivity contribution is 7.99. The number of methoxy groups -OCH3 is 1. The number of nitrogens with one attached hydrogen (secondary N) is 1. The number of esters is 1. The molecule has 1 aromatic heterocycles. The fraction of sp³-hybridized carbons (Fsp3) is 0.368. The van der Waals surface area contributed by atoms with Gasteiger partial charge in [0.1, 0.15) is 5.82 Å². The lowest BCUT2D eigenvalue weighted by molar-refractivity contribution is 0.0599. The van der Waals surface area contributed by atoms with Crippen molar-refractivity contribution in [3.8, 4) is 0 Å². The summed E-state index contributed by atoms with van der Waals surface area (Å²) in [6, 6.07) is 12.2. The van der Waals surface area contributed by atoms with E-state index < -0.39 is 0 Å². The molecule has 0 saturated carbocycles. The molecule has 0 aliphatic carbocycles. The monoisotopic (exact) mass is 357 g/mol. The maximum Gasteiger partial charge on any atom is 0.339 e. The van der Waals surface area contributed by atoms with Gasteiger partial charge in [-0.2, -0.15) is 11.8 Å². The predicted octanol–water partition coefficient (Wildman–Crippen LogP) is 3.34. The molecule has 1 aromatic carbocycles. The van der Waals surface area contributed by atoms with Crippen LogP contribution in [0.1, 0.15) is 21.6 Å². The molecular formula is C19H23N3O2S. The van der Waals surface area contributed by atoms with Crippen molar-refractivity contribution in [2.45, 2.75) is 13.5 Å². The zero-order valence-corrected chi connectivity index (χ0v) is 15.4. The lowest BCUT2D eigenvalue weighted by atomic mass is 10.2. The SMILES string of the molecule is COC(=O)c1ccc(NCc2ccc(N3CCSCC3)cc2)nc1C. The largest absolute Gasteiger partial charge is 0.465 e. The summed E-state index contributed by atoms with van der Waals surface area (Å²) in [5.41, 5.74) is 3.65. The fourth-order valence-corrected chi connectivity index (χ4v) is 3.73. The third-order valence-electron chi connectivity index (χ3n) is 4.28. The van der Waals surface area contributed by atoms with Crippen LogP contribution in [0, 0.1) is 6.92 Å². The van der Waals surface area contributed by atoms with Gasteiger partial charge >= 0.3 is 5.97 Å². The van der Waals surface area contributed by atoms with Gasteiger partial charge in [-0.1, -0.05) is 12.1 Å². The van der Waals surface area contributed by atoms with Crippen molar-refractivity contribution in [1.82, 2.24) is 4.98 Å². The number of aromatic nitrogens is 1. The number of anilines is 2. The molecule has 0 atom stereocenters. The number of hydrogen-bond donors (Lipinski definition) is 1. The molecule has 1 N–H and O–H groups in total. The third-order valence-corrected chi connectivity index (χ3v) is 5.22. The lowest BCUT2D eigenvalue weighted by Gasteiger charge is -2.28. The maximum absolute atomic E-state index is 11.6. The van der Waals surface area contributed by atoms with Crippen LogP contribution in [0.2, 0.25) is 0 Å². The summed E-state index contributed by atoms with van der Waals surface area (Å²) in [7, 11) is 1.38. The van der Waals surface area contributed by atoms with Gasteiger partial charge in [-0.3, -0.25) is 0 Å². The van der Waals surface area contributed by atoms with Gasteiger partial charge in [0.15, 0.2) is 0 Å².